The Balaban J connectivity index is 1.68. The Hall–Kier alpha value is -0.940. The Morgan fingerprint density at radius 1 is 1.37 bits per heavy atom. The first kappa shape index (κ1) is 13.1. The highest BCUT2D eigenvalue weighted by atomic mass is 32.1. The van der Waals surface area contributed by atoms with Gasteiger partial charge >= 0.3 is 0 Å². The van der Waals surface area contributed by atoms with Crippen LogP contribution in [0.15, 0.2) is 5.51 Å². The van der Waals surface area contributed by atoms with Gasteiger partial charge in [-0.2, -0.15) is 0 Å². The van der Waals surface area contributed by atoms with Crippen LogP contribution in [-0.4, -0.2) is 40.1 Å². The van der Waals surface area contributed by atoms with Gasteiger partial charge < -0.3 is 10.0 Å². The number of aliphatic hydroxyl groups is 1. The van der Waals surface area contributed by atoms with Gasteiger partial charge in [0, 0.05) is 13.1 Å². The third-order valence-corrected chi connectivity index (χ3v) is 5.69. The maximum Gasteiger partial charge on any atom is 0.265 e. The van der Waals surface area contributed by atoms with Crippen LogP contribution in [0.2, 0.25) is 0 Å². The molecule has 0 saturated heterocycles. The number of carbonyl (C=O) groups excluding carboxylic acids is 1. The highest BCUT2D eigenvalue weighted by molar-refractivity contribution is 7.11. The Kier molecular flexibility index (Phi) is 3.35. The van der Waals surface area contributed by atoms with Crippen molar-refractivity contribution in [2.24, 2.45) is 11.8 Å². The van der Waals surface area contributed by atoms with Crippen molar-refractivity contribution in [1.29, 1.82) is 0 Å². The molecule has 0 radical (unpaired) electrons. The van der Waals surface area contributed by atoms with Crippen LogP contribution in [0.4, 0.5) is 0 Å². The molecule has 2 fully saturated rings. The lowest BCUT2D eigenvalue weighted by Gasteiger charge is -2.25. The summed E-state index contributed by atoms with van der Waals surface area (Å²) < 4.78 is 0. The summed E-state index contributed by atoms with van der Waals surface area (Å²) in [5.41, 5.74) is 2.56. The molecular formula is C14H20N2O2S. The van der Waals surface area contributed by atoms with Gasteiger partial charge in [0.25, 0.3) is 5.91 Å². The predicted molar refractivity (Wildman–Crippen MR) is 74.2 cm³/mol. The van der Waals surface area contributed by atoms with Crippen molar-refractivity contribution in [3.63, 3.8) is 0 Å². The minimum absolute atomic E-state index is 0.102. The molecule has 2 unspecified atom stereocenters. The van der Waals surface area contributed by atoms with E-state index in [1.165, 1.54) is 11.3 Å². The number of fused-ring (bicyclic) bond motifs is 1. The van der Waals surface area contributed by atoms with E-state index in [-0.39, 0.29) is 12.0 Å². The van der Waals surface area contributed by atoms with Crippen molar-refractivity contribution in [2.75, 3.05) is 7.05 Å². The molecule has 1 heterocycles. The van der Waals surface area contributed by atoms with Crippen LogP contribution in [0.5, 0.6) is 0 Å². The van der Waals surface area contributed by atoms with Crippen molar-refractivity contribution >= 4 is 17.2 Å². The summed E-state index contributed by atoms with van der Waals surface area (Å²) in [6, 6.07) is 0.330. The number of hydrogen-bond acceptors (Lipinski definition) is 4. The number of rotatable bonds is 2. The lowest BCUT2D eigenvalue weighted by molar-refractivity contribution is 0.0726. The van der Waals surface area contributed by atoms with Gasteiger partial charge in [-0.15, -0.1) is 11.3 Å². The van der Waals surface area contributed by atoms with E-state index in [1.807, 2.05) is 18.9 Å². The Labute approximate surface area is 117 Å². The van der Waals surface area contributed by atoms with Crippen LogP contribution in [0.1, 0.15) is 41.0 Å². The maximum absolute atomic E-state index is 12.4. The SMILES string of the molecule is Cc1ncsc1C(=O)N(C)C1C[C@H]2CC(O)C[C@H]2C1. The van der Waals surface area contributed by atoms with Crippen LogP contribution in [0.3, 0.4) is 0 Å². The van der Waals surface area contributed by atoms with Gasteiger partial charge in [0.2, 0.25) is 0 Å². The van der Waals surface area contributed by atoms with Crippen LogP contribution in [0, 0.1) is 18.8 Å². The number of carbonyl (C=O) groups is 1. The van der Waals surface area contributed by atoms with Crippen LogP contribution in [0.25, 0.3) is 0 Å². The van der Waals surface area contributed by atoms with E-state index in [0.717, 1.165) is 36.3 Å². The molecule has 4 nitrogen and oxygen atoms in total. The third kappa shape index (κ3) is 2.30. The van der Waals surface area contributed by atoms with E-state index in [2.05, 4.69) is 4.98 Å². The normalized spacial score (nSPS) is 33.4. The van der Waals surface area contributed by atoms with E-state index in [1.54, 1.807) is 5.51 Å². The highest BCUT2D eigenvalue weighted by Gasteiger charge is 2.43. The van der Waals surface area contributed by atoms with Gasteiger partial charge in [-0.3, -0.25) is 4.79 Å². The second-order valence-corrected chi connectivity index (χ2v) is 6.81. The van der Waals surface area contributed by atoms with Crippen molar-refractivity contribution in [3.8, 4) is 0 Å². The molecule has 1 aromatic rings. The van der Waals surface area contributed by atoms with Crippen molar-refractivity contribution in [3.05, 3.63) is 16.1 Å². The maximum atomic E-state index is 12.4. The van der Waals surface area contributed by atoms with E-state index in [4.69, 9.17) is 0 Å². The summed E-state index contributed by atoms with van der Waals surface area (Å²) in [5, 5.41) is 9.67. The molecule has 2 saturated carbocycles. The van der Waals surface area contributed by atoms with Crippen LogP contribution in [-0.2, 0) is 0 Å². The molecular weight excluding hydrogens is 260 g/mol. The molecule has 0 aromatic carbocycles. The third-order valence-electron chi connectivity index (χ3n) is 4.77. The molecule has 1 amide bonds. The van der Waals surface area contributed by atoms with Crippen LogP contribution < -0.4 is 0 Å². The first-order valence-electron chi connectivity index (χ1n) is 6.91. The van der Waals surface area contributed by atoms with E-state index >= 15 is 0 Å². The molecule has 2 aliphatic carbocycles. The van der Waals surface area contributed by atoms with Gasteiger partial charge in [0.05, 0.1) is 17.3 Å². The molecule has 4 atom stereocenters. The monoisotopic (exact) mass is 280 g/mol. The first-order valence-corrected chi connectivity index (χ1v) is 7.79. The second-order valence-electron chi connectivity index (χ2n) is 5.95. The van der Waals surface area contributed by atoms with Gasteiger partial charge in [0.15, 0.2) is 0 Å². The molecule has 3 rings (SSSR count). The standard InChI is InChI=1S/C14H20N2O2S/c1-8-13(19-7-15-8)14(18)16(2)11-3-9-5-12(17)6-10(9)4-11/h7,9-12,17H,3-6H2,1-2H3/t9-,10+,11?,12?. The number of amides is 1. The zero-order valence-corrected chi connectivity index (χ0v) is 12.2. The van der Waals surface area contributed by atoms with Crippen LogP contribution >= 0.6 is 11.3 Å². The molecule has 0 spiro atoms. The largest absolute Gasteiger partial charge is 0.393 e. The van der Waals surface area contributed by atoms with Gasteiger partial charge in [0.1, 0.15) is 4.88 Å². The van der Waals surface area contributed by atoms with E-state index in [9.17, 15) is 9.90 Å². The van der Waals surface area contributed by atoms with Crippen molar-refractivity contribution < 1.29 is 9.90 Å². The number of aliphatic hydroxyl groups excluding tert-OH is 1. The zero-order chi connectivity index (χ0) is 13.6. The number of nitrogens with zero attached hydrogens (tertiary/aromatic N) is 2. The average molecular weight is 280 g/mol. The Bertz CT molecular complexity index is 474. The number of aromatic nitrogens is 1. The fourth-order valence-corrected chi connectivity index (χ4v) is 4.49. The summed E-state index contributed by atoms with van der Waals surface area (Å²) in [7, 11) is 1.91. The summed E-state index contributed by atoms with van der Waals surface area (Å²) in [4.78, 5) is 19.3. The summed E-state index contributed by atoms with van der Waals surface area (Å²) in [6.07, 6.45) is 3.82. The van der Waals surface area contributed by atoms with Gasteiger partial charge in [-0.1, -0.05) is 0 Å². The number of hydrogen-bond donors (Lipinski definition) is 1. The molecule has 19 heavy (non-hydrogen) atoms. The zero-order valence-electron chi connectivity index (χ0n) is 11.4. The molecule has 1 N–H and O–H groups in total. The van der Waals surface area contributed by atoms with Gasteiger partial charge in [-0.05, 0) is 44.4 Å². The highest BCUT2D eigenvalue weighted by Crippen LogP contribution is 2.45. The fourth-order valence-electron chi connectivity index (χ4n) is 3.70. The summed E-state index contributed by atoms with van der Waals surface area (Å²) >= 11 is 1.42. The van der Waals surface area contributed by atoms with Gasteiger partial charge in [-0.25, -0.2) is 4.98 Å². The lowest BCUT2D eigenvalue weighted by atomic mass is 10.0. The smallest absolute Gasteiger partial charge is 0.265 e. The van der Waals surface area contributed by atoms with E-state index in [0.29, 0.717) is 17.9 Å². The second kappa shape index (κ2) is 4.87. The predicted octanol–water partition coefficient (Wildman–Crippen LogP) is 2.07. The lowest BCUT2D eigenvalue weighted by Crippen LogP contribution is -2.36. The molecule has 104 valence electrons. The molecule has 2 aliphatic rings. The fraction of sp³-hybridized carbons (Fsp3) is 0.714. The Morgan fingerprint density at radius 3 is 2.53 bits per heavy atom. The van der Waals surface area contributed by atoms with Crippen molar-refractivity contribution in [2.45, 2.75) is 44.8 Å². The van der Waals surface area contributed by atoms with E-state index < -0.39 is 0 Å². The minimum Gasteiger partial charge on any atom is -0.393 e. The Morgan fingerprint density at radius 2 is 2.00 bits per heavy atom. The summed E-state index contributed by atoms with van der Waals surface area (Å²) in [5.74, 6) is 1.32. The quantitative estimate of drug-likeness (QED) is 0.902. The average Bonchev–Trinajstić information content (AvgIpc) is 3.01. The molecule has 0 aliphatic heterocycles. The van der Waals surface area contributed by atoms with Crippen molar-refractivity contribution in [1.82, 2.24) is 9.88 Å². The first-order chi connectivity index (χ1) is 9.06. The molecule has 5 heteroatoms. The minimum atomic E-state index is -0.110. The summed E-state index contributed by atoms with van der Waals surface area (Å²) in [6.45, 7) is 1.89. The molecule has 1 aromatic heterocycles. The molecule has 0 bridgehead atoms. The topological polar surface area (TPSA) is 53.4 Å². The number of thiazole rings is 1. The number of aryl methyl sites for hydroxylation is 1.